The number of imide groups is 1. The van der Waals surface area contributed by atoms with Crippen LogP contribution in [0.5, 0.6) is 0 Å². The van der Waals surface area contributed by atoms with Gasteiger partial charge in [0.25, 0.3) is 11.8 Å². The summed E-state index contributed by atoms with van der Waals surface area (Å²) in [6.45, 7) is -0.0510. The number of Topliss-reactive ketones (excluding diaryl/α,β-unsaturated/α-hetero) is 1. The van der Waals surface area contributed by atoms with E-state index in [9.17, 15) is 24.0 Å². The van der Waals surface area contributed by atoms with E-state index in [1.807, 2.05) is 0 Å². The van der Waals surface area contributed by atoms with Gasteiger partial charge in [-0.3, -0.25) is 28.9 Å². The van der Waals surface area contributed by atoms with Gasteiger partial charge < -0.3 is 10.1 Å². The van der Waals surface area contributed by atoms with Gasteiger partial charge in [-0.2, -0.15) is 0 Å². The highest BCUT2D eigenvalue weighted by molar-refractivity contribution is 9.10. The molecule has 3 amide bonds. The maximum absolute atomic E-state index is 12.3. The van der Waals surface area contributed by atoms with Gasteiger partial charge in [0.2, 0.25) is 5.91 Å². The van der Waals surface area contributed by atoms with Crippen molar-refractivity contribution in [1.82, 2.24) is 10.2 Å². The Bertz CT molecular complexity index is 792. The summed E-state index contributed by atoms with van der Waals surface area (Å²) in [4.78, 5) is 60.0. The van der Waals surface area contributed by atoms with Crippen LogP contribution in [0.25, 0.3) is 0 Å². The van der Waals surface area contributed by atoms with E-state index in [-0.39, 0.29) is 62.3 Å². The summed E-state index contributed by atoms with van der Waals surface area (Å²) in [5, 5.41) is 2.46. The molecule has 0 unspecified atom stereocenters. The number of ether oxygens (including phenoxy) is 1. The van der Waals surface area contributed by atoms with Crippen molar-refractivity contribution >= 4 is 45.4 Å². The third kappa shape index (κ3) is 5.46. The Balaban J connectivity index is 1.73. The van der Waals surface area contributed by atoms with E-state index in [4.69, 9.17) is 0 Å². The number of fused-ring (bicyclic) bond motifs is 1. The normalized spacial score (nSPS) is 12.7. The number of nitrogens with one attached hydrogen (secondary N) is 1. The first-order chi connectivity index (χ1) is 12.8. The number of carbonyl (C=O) groups is 5. The lowest BCUT2D eigenvalue weighted by Crippen LogP contribution is -2.33. The van der Waals surface area contributed by atoms with Crippen LogP contribution < -0.4 is 5.32 Å². The number of esters is 1. The quantitative estimate of drug-likeness (QED) is 0.461. The Morgan fingerprint density at radius 2 is 1.78 bits per heavy atom. The molecule has 1 aromatic rings. The van der Waals surface area contributed by atoms with Crippen LogP contribution in [0, 0.1) is 0 Å². The van der Waals surface area contributed by atoms with Crippen molar-refractivity contribution in [2.75, 3.05) is 20.2 Å². The molecule has 0 bridgehead atoms. The fraction of sp³-hybridized carbons (Fsp3) is 0.389. The predicted octanol–water partition coefficient (Wildman–Crippen LogP) is 1.46. The van der Waals surface area contributed by atoms with Gasteiger partial charge in [0, 0.05) is 23.9 Å². The molecule has 0 saturated heterocycles. The number of carbonyl (C=O) groups excluding carboxylic acids is 5. The summed E-state index contributed by atoms with van der Waals surface area (Å²) in [7, 11) is 1.24. The van der Waals surface area contributed by atoms with E-state index in [2.05, 4.69) is 26.0 Å². The zero-order valence-electron chi connectivity index (χ0n) is 14.7. The van der Waals surface area contributed by atoms with E-state index >= 15 is 0 Å². The lowest BCUT2D eigenvalue weighted by molar-refractivity contribution is -0.141. The van der Waals surface area contributed by atoms with Gasteiger partial charge in [-0.15, -0.1) is 0 Å². The first-order valence-corrected chi connectivity index (χ1v) is 9.13. The number of hydrogen-bond acceptors (Lipinski definition) is 6. The van der Waals surface area contributed by atoms with Crippen LogP contribution in [0.1, 0.15) is 46.4 Å². The largest absolute Gasteiger partial charge is 0.469 e. The van der Waals surface area contributed by atoms with Crippen molar-refractivity contribution in [3.63, 3.8) is 0 Å². The van der Waals surface area contributed by atoms with Crippen LogP contribution in [0.2, 0.25) is 0 Å². The highest BCUT2D eigenvalue weighted by Crippen LogP contribution is 2.26. The first-order valence-electron chi connectivity index (χ1n) is 8.34. The fourth-order valence-electron chi connectivity index (χ4n) is 2.58. The van der Waals surface area contributed by atoms with Crippen LogP contribution >= 0.6 is 15.9 Å². The second-order valence-electron chi connectivity index (χ2n) is 5.95. The van der Waals surface area contributed by atoms with E-state index in [1.54, 1.807) is 18.2 Å². The van der Waals surface area contributed by atoms with E-state index in [0.29, 0.717) is 15.6 Å². The number of nitrogens with zero attached hydrogens (tertiary/aromatic N) is 1. The number of methoxy groups -OCH3 is 1. The van der Waals surface area contributed by atoms with Gasteiger partial charge in [-0.1, -0.05) is 15.9 Å². The Labute approximate surface area is 164 Å². The first kappa shape index (κ1) is 20.8. The summed E-state index contributed by atoms with van der Waals surface area (Å²) >= 11 is 3.27. The van der Waals surface area contributed by atoms with Crippen LogP contribution in [-0.2, 0) is 19.1 Å². The average Bonchev–Trinajstić information content (AvgIpc) is 2.88. The van der Waals surface area contributed by atoms with E-state index < -0.39 is 5.97 Å². The average molecular weight is 439 g/mol. The molecule has 1 N–H and O–H groups in total. The summed E-state index contributed by atoms with van der Waals surface area (Å²) in [6, 6.07) is 4.88. The fourth-order valence-corrected chi connectivity index (χ4v) is 2.94. The Kier molecular flexibility index (Phi) is 7.23. The zero-order chi connectivity index (χ0) is 20.0. The number of benzene rings is 1. The minimum Gasteiger partial charge on any atom is -0.469 e. The number of amides is 3. The maximum atomic E-state index is 12.3. The zero-order valence-corrected chi connectivity index (χ0v) is 16.3. The van der Waals surface area contributed by atoms with Gasteiger partial charge in [-0.05, 0) is 24.6 Å². The molecular formula is C18H19BrN2O6. The third-order valence-corrected chi connectivity index (χ3v) is 4.53. The maximum Gasteiger partial charge on any atom is 0.305 e. The highest BCUT2D eigenvalue weighted by atomic mass is 79.9. The van der Waals surface area contributed by atoms with Gasteiger partial charge in [0.15, 0.2) is 5.78 Å². The lowest BCUT2D eigenvalue weighted by atomic mass is 10.1. The summed E-state index contributed by atoms with van der Waals surface area (Å²) in [5.74, 6) is -1.88. The van der Waals surface area contributed by atoms with Gasteiger partial charge in [0.05, 0.1) is 31.2 Å². The molecule has 9 heteroatoms. The second-order valence-corrected chi connectivity index (χ2v) is 6.86. The molecule has 1 aliphatic heterocycles. The second kappa shape index (κ2) is 9.40. The monoisotopic (exact) mass is 438 g/mol. The van der Waals surface area contributed by atoms with Gasteiger partial charge in [-0.25, -0.2) is 0 Å². The molecule has 0 aliphatic carbocycles. The Morgan fingerprint density at radius 1 is 1.07 bits per heavy atom. The molecule has 0 spiro atoms. The smallest absolute Gasteiger partial charge is 0.305 e. The minimum atomic E-state index is -0.484. The number of hydrogen-bond donors (Lipinski definition) is 1. The van der Waals surface area contributed by atoms with E-state index in [0.717, 1.165) is 4.90 Å². The highest BCUT2D eigenvalue weighted by Gasteiger charge is 2.35. The predicted molar refractivity (Wildman–Crippen MR) is 98.0 cm³/mol. The molecule has 1 heterocycles. The van der Waals surface area contributed by atoms with Crippen molar-refractivity contribution in [2.45, 2.75) is 25.7 Å². The number of ketones is 1. The molecular weight excluding hydrogens is 420 g/mol. The topological polar surface area (TPSA) is 110 Å². The molecule has 144 valence electrons. The molecule has 1 aromatic carbocycles. The molecule has 27 heavy (non-hydrogen) atoms. The van der Waals surface area contributed by atoms with Crippen molar-refractivity contribution < 1.29 is 28.7 Å². The molecule has 0 radical (unpaired) electrons. The third-order valence-electron chi connectivity index (χ3n) is 4.04. The van der Waals surface area contributed by atoms with Crippen LogP contribution in [0.3, 0.4) is 0 Å². The van der Waals surface area contributed by atoms with Crippen molar-refractivity contribution in [2.24, 2.45) is 0 Å². The minimum absolute atomic E-state index is 0.00243. The summed E-state index contributed by atoms with van der Waals surface area (Å²) in [5.41, 5.74) is 0.693. The summed E-state index contributed by atoms with van der Waals surface area (Å²) in [6.07, 6.45) is 0.328. The molecule has 2 rings (SSSR count). The Morgan fingerprint density at radius 3 is 2.48 bits per heavy atom. The van der Waals surface area contributed by atoms with Gasteiger partial charge >= 0.3 is 5.97 Å². The molecule has 8 nitrogen and oxygen atoms in total. The number of halogens is 1. The summed E-state index contributed by atoms with van der Waals surface area (Å²) < 4.78 is 5.14. The molecule has 1 aliphatic rings. The standard InChI is InChI=1S/C18H19BrN2O6/c1-27-16(24)7-5-12(22)10-20-15(23)3-2-8-21-17(25)13-6-4-11(19)9-14(13)18(21)26/h4,6,9H,2-3,5,7-8,10H2,1H3,(H,20,23). The van der Waals surface area contributed by atoms with Crippen LogP contribution in [0.15, 0.2) is 22.7 Å². The molecule has 0 fully saturated rings. The van der Waals surface area contributed by atoms with Crippen molar-refractivity contribution in [1.29, 1.82) is 0 Å². The van der Waals surface area contributed by atoms with E-state index in [1.165, 1.54) is 7.11 Å². The number of rotatable bonds is 9. The molecule has 0 saturated carbocycles. The van der Waals surface area contributed by atoms with Crippen LogP contribution in [-0.4, -0.2) is 54.6 Å². The van der Waals surface area contributed by atoms with Crippen molar-refractivity contribution in [3.05, 3.63) is 33.8 Å². The molecule has 0 atom stereocenters. The SMILES string of the molecule is COC(=O)CCC(=O)CNC(=O)CCCN1C(=O)c2ccc(Br)cc2C1=O. The lowest BCUT2D eigenvalue weighted by Gasteiger charge is -2.13. The Hall–Kier alpha value is -2.55. The van der Waals surface area contributed by atoms with Gasteiger partial charge in [0.1, 0.15) is 0 Å². The van der Waals surface area contributed by atoms with Crippen molar-refractivity contribution in [3.8, 4) is 0 Å². The van der Waals surface area contributed by atoms with Crippen LogP contribution in [0.4, 0.5) is 0 Å². The molecule has 0 aromatic heterocycles.